The van der Waals surface area contributed by atoms with Crippen molar-refractivity contribution in [1.29, 1.82) is 0 Å². The highest BCUT2D eigenvalue weighted by Gasteiger charge is 2.35. The van der Waals surface area contributed by atoms with Crippen molar-refractivity contribution in [3.63, 3.8) is 0 Å². The minimum absolute atomic E-state index is 0.0592. The van der Waals surface area contributed by atoms with Gasteiger partial charge in [0.1, 0.15) is 13.2 Å². The van der Waals surface area contributed by atoms with E-state index >= 15 is 0 Å². The molecule has 1 atom stereocenters. The predicted molar refractivity (Wildman–Crippen MR) is 129 cm³/mol. The van der Waals surface area contributed by atoms with Crippen LogP contribution in [0, 0.1) is 0 Å². The molecule has 8 nitrogen and oxygen atoms in total. The number of amides is 2. The van der Waals surface area contributed by atoms with Crippen molar-refractivity contribution in [1.82, 2.24) is 4.90 Å². The van der Waals surface area contributed by atoms with Gasteiger partial charge in [0.2, 0.25) is 5.91 Å². The number of benzene rings is 3. The number of anilines is 1. The van der Waals surface area contributed by atoms with Crippen LogP contribution in [0.2, 0.25) is 0 Å². The zero-order chi connectivity index (χ0) is 24.4. The second-order valence-electron chi connectivity index (χ2n) is 8.33. The molecule has 35 heavy (non-hydrogen) atoms. The Morgan fingerprint density at radius 3 is 2.51 bits per heavy atom. The molecule has 1 N–H and O–H groups in total. The highest BCUT2D eigenvalue weighted by Crippen LogP contribution is 2.38. The first-order valence-corrected chi connectivity index (χ1v) is 11.4. The number of hydrogen-bond acceptors (Lipinski definition) is 6. The number of nitrogens with one attached hydrogen (secondary N) is 1. The molecule has 0 bridgehead atoms. The molecule has 0 fully saturated rings. The lowest BCUT2D eigenvalue weighted by Crippen LogP contribution is -2.32. The number of fused-ring (bicyclic) bond motifs is 2. The van der Waals surface area contributed by atoms with Gasteiger partial charge in [0.15, 0.2) is 23.0 Å². The number of carbonyl (C=O) groups excluding carboxylic acids is 2. The Balaban J connectivity index is 1.43. The summed E-state index contributed by atoms with van der Waals surface area (Å²) in [4.78, 5) is 28.2. The first-order valence-electron chi connectivity index (χ1n) is 11.4. The van der Waals surface area contributed by atoms with Crippen LogP contribution in [0.15, 0.2) is 60.7 Å². The van der Waals surface area contributed by atoms with Crippen molar-refractivity contribution >= 4 is 17.5 Å². The zero-order valence-electron chi connectivity index (χ0n) is 19.6. The molecule has 0 aliphatic carbocycles. The van der Waals surface area contributed by atoms with E-state index in [0.29, 0.717) is 54.0 Å². The average molecular weight is 475 g/mol. The molecule has 0 saturated heterocycles. The van der Waals surface area contributed by atoms with E-state index in [9.17, 15) is 9.59 Å². The number of methoxy groups -OCH3 is 2. The first kappa shape index (κ1) is 22.6. The summed E-state index contributed by atoms with van der Waals surface area (Å²) in [6, 6.07) is 17.8. The molecule has 8 heteroatoms. The van der Waals surface area contributed by atoms with Crippen molar-refractivity contribution in [2.45, 2.75) is 19.0 Å². The van der Waals surface area contributed by atoms with Crippen LogP contribution < -0.4 is 24.3 Å². The van der Waals surface area contributed by atoms with Gasteiger partial charge in [-0.3, -0.25) is 9.59 Å². The van der Waals surface area contributed by atoms with Gasteiger partial charge < -0.3 is 29.2 Å². The third-order valence-electron chi connectivity index (χ3n) is 6.22. The topological polar surface area (TPSA) is 86.3 Å². The fourth-order valence-corrected chi connectivity index (χ4v) is 4.51. The normalized spacial score (nSPS) is 14.8. The van der Waals surface area contributed by atoms with E-state index in [0.717, 1.165) is 11.1 Å². The van der Waals surface area contributed by atoms with Crippen molar-refractivity contribution in [3.05, 3.63) is 77.4 Å². The summed E-state index contributed by atoms with van der Waals surface area (Å²) in [5.41, 5.74) is 2.97. The fourth-order valence-electron chi connectivity index (χ4n) is 4.51. The summed E-state index contributed by atoms with van der Waals surface area (Å²) in [6.07, 6.45) is 0.0592. The molecule has 2 heterocycles. The van der Waals surface area contributed by atoms with Gasteiger partial charge in [0.05, 0.1) is 26.7 Å². The van der Waals surface area contributed by atoms with Crippen molar-refractivity contribution in [2.24, 2.45) is 0 Å². The number of ether oxygens (including phenoxy) is 4. The summed E-state index contributed by atoms with van der Waals surface area (Å²) in [5, 5.41) is 2.93. The fraction of sp³-hybridized carbons (Fsp3) is 0.259. The van der Waals surface area contributed by atoms with Gasteiger partial charge >= 0.3 is 0 Å². The zero-order valence-corrected chi connectivity index (χ0v) is 19.6. The SMILES string of the molecule is COc1ccc(C(CC(=O)Nc2ccc3c(c2)OCCO3)N2Cc3ccccc3C2=O)cc1OC. The third kappa shape index (κ3) is 4.47. The molecular weight excluding hydrogens is 448 g/mol. The maximum Gasteiger partial charge on any atom is 0.255 e. The Morgan fingerprint density at radius 1 is 0.971 bits per heavy atom. The summed E-state index contributed by atoms with van der Waals surface area (Å²) >= 11 is 0. The standard InChI is InChI=1S/C27H26N2O6/c1-32-22-9-7-17(13-24(22)33-2)21(29-16-18-5-3-4-6-20(18)27(29)31)15-26(30)28-19-8-10-23-25(14-19)35-12-11-34-23/h3-10,13-14,21H,11-12,15-16H2,1-2H3,(H,28,30). The van der Waals surface area contributed by atoms with E-state index in [4.69, 9.17) is 18.9 Å². The molecule has 5 rings (SSSR count). The van der Waals surface area contributed by atoms with Gasteiger partial charge in [-0.2, -0.15) is 0 Å². The van der Waals surface area contributed by atoms with Crippen LogP contribution in [-0.2, 0) is 11.3 Å². The average Bonchev–Trinajstić information content (AvgIpc) is 3.23. The molecule has 0 spiro atoms. The maximum absolute atomic E-state index is 13.3. The van der Waals surface area contributed by atoms with Gasteiger partial charge in [-0.05, 0) is 41.5 Å². The van der Waals surface area contributed by atoms with Crippen molar-refractivity contribution in [3.8, 4) is 23.0 Å². The second kappa shape index (κ2) is 9.58. The van der Waals surface area contributed by atoms with Gasteiger partial charge in [0.25, 0.3) is 5.91 Å². The van der Waals surface area contributed by atoms with E-state index in [1.165, 1.54) is 0 Å². The molecule has 2 aliphatic rings. The third-order valence-corrected chi connectivity index (χ3v) is 6.22. The number of nitrogens with zero attached hydrogens (tertiary/aromatic N) is 1. The largest absolute Gasteiger partial charge is 0.493 e. The molecule has 0 saturated carbocycles. The molecule has 180 valence electrons. The van der Waals surface area contributed by atoms with Crippen LogP contribution in [0.4, 0.5) is 5.69 Å². The minimum Gasteiger partial charge on any atom is -0.493 e. The van der Waals surface area contributed by atoms with Crippen molar-refractivity contribution in [2.75, 3.05) is 32.8 Å². The summed E-state index contributed by atoms with van der Waals surface area (Å²) in [5.74, 6) is 2.02. The Labute approximate surface area is 203 Å². The van der Waals surface area contributed by atoms with Crippen LogP contribution in [0.25, 0.3) is 0 Å². The lowest BCUT2D eigenvalue weighted by Gasteiger charge is -2.28. The number of hydrogen-bond donors (Lipinski definition) is 1. The Kier molecular flexibility index (Phi) is 6.18. The highest BCUT2D eigenvalue weighted by atomic mass is 16.6. The molecule has 3 aromatic rings. The van der Waals surface area contributed by atoms with E-state index in [2.05, 4.69) is 5.32 Å². The van der Waals surface area contributed by atoms with E-state index in [1.54, 1.807) is 43.4 Å². The van der Waals surface area contributed by atoms with Gasteiger partial charge in [-0.25, -0.2) is 0 Å². The highest BCUT2D eigenvalue weighted by molar-refractivity contribution is 5.99. The summed E-state index contributed by atoms with van der Waals surface area (Å²) < 4.78 is 22.0. The summed E-state index contributed by atoms with van der Waals surface area (Å²) in [7, 11) is 3.12. The molecule has 2 amide bonds. The van der Waals surface area contributed by atoms with Crippen LogP contribution in [0.3, 0.4) is 0 Å². The van der Waals surface area contributed by atoms with Crippen LogP contribution in [0.5, 0.6) is 23.0 Å². The van der Waals surface area contributed by atoms with Crippen LogP contribution in [0.1, 0.15) is 33.9 Å². The van der Waals surface area contributed by atoms with Gasteiger partial charge in [0, 0.05) is 23.9 Å². The molecule has 1 unspecified atom stereocenters. The quantitative estimate of drug-likeness (QED) is 0.552. The van der Waals surface area contributed by atoms with Crippen molar-refractivity contribution < 1.29 is 28.5 Å². The smallest absolute Gasteiger partial charge is 0.255 e. The summed E-state index contributed by atoms with van der Waals surface area (Å²) in [6.45, 7) is 1.38. The number of carbonyl (C=O) groups is 2. The number of rotatable bonds is 7. The van der Waals surface area contributed by atoms with Gasteiger partial charge in [-0.1, -0.05) is 24.3 Å². The van der Waals surface area contributed by atoms with E-state index in [-0.39, 0.29) is 18.2 Å². The Morgan fingerprint density at radius 2 is 1.74 bits per heavy atom. The Hall–Kier alpha value is -4.20. The molecule has 2 aliphatic heterocycles. The van der Waals surface area contributed by atoms with Gasteiger partial charge in [-0.15, -0.1) is 0 Å². The molecular formula is C27H26N2O6. The molecule has 0 radical (unpaired) electrons. The van der Waals surface area contributed by atoms with Crippen LogP contribution in [-0.4, -0.2) is 44.1 Å². The molecule has 3 aromatic carbocycles. The molecule has 0 aromatic heterocycles. The van der Waals surface area contributed by atoms with E-state index < -0.39 is 6.04 Å². The van der Waals surface area contributed by atoms with E-state index in [1.807, 2.05) is 36.4 Å². The monoisotopic (exact) mass is 474 g/mol. The first-order chi connectivity index (χ1) is 17.1. The minimum atomic E-state index is -0.507. The maximum atomic E-state index is 13.3. The predicted octanol–water partition coefficient (Wildman–Crippen LogP) is 4.20. The lowest BCUT2D eigenvalue weighted by molar-refractivity contribution is -0.117. The lowest BCUT2D eigenvalue weighted by atomic mass is 10.0. The second-order valence-corrected chi connectivity index (χ2v) is 8.33. The van der Waals surface area contributed by atoms with Crippen LogP contribution >= 0.6 is 0 Å². The Bertz CT molecular complexity index is 1270.